The number of aryl methyl sites for hydroxylation is 1. The lowest BCUT2D eigenvalue weighted by Gasteiger charge is -1.94. The summed E-state index contributed by atoms with van der Waals surface area (Å²) in [6, 6.07) is 3.85. The maximum Gasteiger partial charge on any atom is 0.234 e. The van der Waals surface area contributed by atoms with Crippen molar-refractivity contribution in [2.45, 2.75) is 6.92 Å². The first-order valence-corrected chi connectivity index (χ1v) is 4.83. The van der Waals surface area contributed by atoms with Crippen molar-refractivity contribution < 1.29 is 0 Å². The summed E-state index contributed by atoms with van der Waals surface area (Å²) in [6.45, 7) is 1.94. The van der Waals surface area contributed by atoms with Gasteiger partial charge in [-0.3, -0.25) is 4.98 Å². The van der Waals surface area contributed by atoms with Crippen LogP contribution in [-0.2, 0) is 0 Å². The summed E-state index contributed by atoms with van der Waals surface area (Å²) in [6.07, 6.45) is 1.75. The standard InChI is InChI=1S/C8H6ClN3S/c1-5-4-6(2-3-10-5)7-11-8(9)12-13-7/h2-4H,1H3. The number of hydrogen-bond donors (Lipinski definition) is 0. The number of aromatic nitrogens is 3. The first-order valence-electron chi connectivity index (χ1n) is 3.68. The Hall–Kier alpha value is -1.00. The number of nitrogens with zero attached hydrogens (tertiary/aromatic N) is 3. The molecule has 0 spiro atoms. The van der Waals surface area contributed by atoms with E-state index in [1.807, 2.05) is 19.1 Å². The van der Waals surface area contributed by atoms with Gasteiger partial charge in [0.1, 0.15) is 5.01 Å². The lowest BCUT2D eigenvalue weighted by Crippen LogP contribution is -1.81. The Morgan fingerprint density at radius 2 is 2.31 bits per heavy atom. The lowest BCUT2D eigenvalue weighted by molar-refractivity contribution is 1.20. The number of hydrogen-bond acceptors (Lipinski definition) is 4. The first-order chi connectivity index (χ1) is 6.25. The molecule has 0 aliphatic rings. The van der Waals surface area contributed by atoms with Gasteiger partial charge in [-0.2, -0.15) is 4.37 Å². The van der Waals surface area contributed by atoms with Crippen LogP contribution in [-0.4, -0.2) is 14.3 Å². The molecule has 0 amide bonds. The van der Waals surface area contributed by atoms with Gasteiger partial charge in [-0.15, -0.1) is 0 Å². The van der Waals surface area contributed by atoms with Crippen LogP contribution in [0.15, 0.2) is 18.3 Å². The molecule has 0 aliphatic carbocycles. The van der Waals surface area contributed by atoms with Gasteiger partial charge in [-0.1, -0.05) is 0 Å². The zero-order valence-corrected chi connectivity index (χ0v) is 8.43. The van der Waals surface area contributed by atoms with E-state index in [4.69, 9.17) is 11.6 Å². The first kappa shape index (κ1) is 8.59. The highest BCUT2D eigenvalue weighted by molar-refractivity contribution is 7.09. The molecule has 0 aromatic carbocycles. The Morgan fingerprint density at radius 1 is 1.46 bits per heavy atom. The molecule has 0 bridgehead atoms. The predicted molar refractivity (Wildman–Crippen MR) is 52.9 cm³/mol. The number of halogens is 1. The van der Waals surface area contributed by atoms with Gasteiger partial charge in [0.2, 0.25) is 5.28 Å². The molecule has 0 unspecified atom stereocenters. The molecule has 66 valence electrons. The molecule has 0 saturated heterocycles. The molecule has 0 aliphatic heterocycles. The maximum atomic E-state index is 5.62. The minimum Gasteiger partial charge on any atom is -0.262 e. The molecule has 2 rings (SSSR count). The third-order valence-electron chi connectivity index (χ3n) is 1.54. The molecule has 5 heteroatoms. The van der Waals surface area contributed by atoms with E-state index in [0.29, 0.717) is 5.28 Å². The molecule has 13 heavy (non-hydrogen) atoms. The molecule has 3 nitrogen and oxygen atoms in total. The summed E-state index contributed by atoms with van der Waals surface area (Å²) < 4.78 is 3.90. The molecule has 0 atom stereocenters. The Morgan fingerprint density at radius 3 is 2.92 bits per heavy atom. The summed E-state index contributed by atoms with van der Waals surface area (Å²) in [4.78, 5) is 8.16. The molecule has 2 aromatic rings. The second-order valence-corrected chi connectivity index (χ2v) is 3.64. The van der Waals surface area contributed by atoms with Gasteiger partial charge in [0.05, 0.1) is 0 Å². The molecule has 0 saturated carbocycles. The molecular formula is C8H6ClN3S. The quantitative estimate of drug-likeness (QED) is 0.728. The second kappa shape index (κ2) is 3.40. The predicted octanol–water partition coefficient (Wildman–Crippen LogP) is 2.56. The molecule has 2 aromatic heterocycles. The molecule has 0 N–H and O–H groups in total. The summed E-state index contributed by atoms with van der Waals surface area (Å²) in [5.41, 5.74) is 1.97. The SMILES string of the molecule is Cc1cc(-c2nc(Cl)ns2)ccn1. The zero-order chi connectivity index (χ0) is 9.26. The summed E-state index contributed by atoms with van der Waals surface area (Å²) in [5, 5.41) is 1.13. The van der Waals surface area contributed by atoms with E-state index < -0.39 is 0 Å². The second-order valence-electron chi connectivity index (χ2n) is 2.55. The summed E-state index contributed by atoms with van der Waals surface area (Å²) in [5.74, 6) is 0. The van der Waals surface area contributed by atoms with Crippen LogP contribution in [0.4, 0.5) is 0 Å². The topological polar surface area (TPSA) is 38.7 Å². The lowest BCUT2D eigenvalue weighted by atomic mass is 10.2. The minimum atomic E-state index is 0.300. The molecular weight excluding hydrogens is 206 g/mol. The monoisotopic (exact) mass is 211 g/mol. The fourth-order valence-electron chi connectivity index (χ4n) is 1.00. The van der Waals surface area contributed by atoms with Gasteiger partial charge in [0.25, 0.3) is 0 Å². The normalized spacial score (nSPS) is 10.3. The Labute approximate surface area is 84.6 Å². The van der Waals surface area contributed by atoms with Crippen molar-refractivity contribution in [2.24, 2.45) is 0 Å². The van der Waals surface area contributed by atoms with Crippen LogP contribution in [0.5, 0.6) is 0 Å². The van der Waals surface area contributed by atoms with Gasteiger partial charge in [-0.25, -0.2) is 4.98 Å². The van der Waals surface area contributed by atoms with Gasteiger partial charge in [0.15, 0.2) is 0 Å². The largest absolute Gasteiger partial charge is 0.262 e. The van der Waals surface area contributed by atoms with Gasteiger partial charge < -0.3 is 0 Å². The molecule has 0 fully saturated rings. The summed E-state index contributed by atoms with van der Waals surface area (Å²) in [7, 11) is 0. The van der Waals surface area contributed by atoms with E-state index in [1.165, 1.54) is 11.5 Å². The smallest absolute Gasteiger partial charge is 0.234 e. The average Bonchev–Trinajstić information content (AvgIpc) is 2.52. The van der Waals surface area contributed by atoms with Crippen LogP contribution < -0.4 is 0 Å². The average molecular weight is 212 g/mol. The number of pyridine rings is 1. The Kier molecular flexibility index (Phi) is 2.24. The van der Waals surface area contributed by atoms with Crippen molar-refractivity contribution in [1.29, 1.82) is 0 Å². The third kappa shape index (κ3) is 1.84. The van der Waals surface area contributed by atoms with Crippen LogP contribution >= 0.6 is 23.1 Å². The Bertz CT molecular complexity index is 427. The van der Waals surface area contributed by atoms with Crippen LogP contribution in [0, 0.1) is 6.92 Å². The van der Waals surface area contributed by atoms with Gasteiger partial charge >= 0.3 is 0 Å². The van der Waals surface area contributed by atoms with Crippen LogP contribution in [0.3, 0.4) is 0 Å². The highest BCUT2D eigenvalue weighted by atomic mass is 35.5. The minimum absolute atomic E-state index is 0.300. The van der Waals surface area contributed by atoms with Crippen LogP contribution in [0.25, 0.3) is 10.6 Å². The van der Waals surface area contributed by atoms with Crippen molar-refractivity contribution >= 4 is 23.1 Å². The Balaban J connectivity index is 2.46. The van der Waals surface area contributed by atoms with E-state index in [1.54, 1.807) is 6.20 Å². The highest BCUT2D eigenvalue weighted by Crippen LogP contribution is 2.22. The zero-order valence-electron chi connectivity index (χ0n) is 6.86. The fourth-order valence-corrected chi connectivity index (χ4v) is 1.80. The summed E-state index contributed by atoms with van der Waals surface area (Å²) >= 11 is 6.91. The van der Waals surface area contributed by atoms with E-state index >= 15 is 0 Å². The fraction of sp³-hybridized carbons (Fsp3) is 0.125. The third-order valence-corrected chi connectivity index (χ3v) is 2.58. The molecule has 0 radical (unpaired) electrons. The van der Waals surface area contributed by atoms with Gasteiger partial charge in [0, 0.05) is 17.5 Å². The van der Waals surface area contributed by atoms with Gasteiger partial charge in [-0.05, 0) is 42.2 Å². The number of rotatable bonds is 1. The van der Waals surface area contributed by atoms with Crippen molar-refractivity contribution in [2.75, 3.05) is 0 Å². The van der Waals surface area contributed by atoms with Crippen molar-refractivity contribution in [3.63, 3.8) is 0 Å². The van der Waals surface area contributed by atoms with E-state index in [-0.39, 0.29) is 0 Å². The van der Waals surface area contributed by atoms with Crippen LogP contribution in [0.2, 0.25) is 5.28 Å². The van der Waals surface area contributed by atoms with Crippen molar-refractivity contribution in [3.05, 3.63) is 29.3 Å². The van der Waals surface area contributed by atoms with Crippen molar-refractivity contribution in [3.8, 4) is 10.6 Å². The van der Waals surface area contributed by atoms with E-state index in [2.05, 4.69) is 14.3 Å². The van der Waals surface area contributed by atoms with E-state index in [9.17, 15) is 0 Å². The highest BCUT2D eigenvalue weighted by Gasteiger charge is 2.04. The van der Waals surface area contributed by atoms with Crippen LogP contribution in [0.1, 0.15) is 5.69 Å². The molecule has 2 heterocycles. The van der Waals surface area contributed by atoms with Crippen molar-refractivity contribution in [1.82, 2.24) is 14.3 Å². The van der Waals surface area contributed by atoms with E-state index in [0.717, 1.165) is 16.3 Å². The maximum absolute atomic E-state index is 5.62.